The number of halogens is 3. The second kappa shape index (κ2) is 7.61. The van der Waals surface area contributed by atoms with Gasteiger partial charge in [0.25, 0.3) is 5.91 Å². The van der Waals surface area contributed by atoms with Gasteiger partial charge in [0.05, 0.1) is 18.2 Å². The lowest BCUT2D eigenvalue weighted by Crippen LogP contribution is -2.38. The summed E-state index contributed by atoms with van der Waals surface area (Å²) in [6.45, 7) is 0.194. The number of rotatable bonds is 5. The largest absolute Gasteiger partial charge is 0.342 e. The normalized spacial score (nSPS) is 23.1. The zero-order chi connectivity index (χ0) is 17.9. The van der Waals surface area contributed by atoms with Crippen LogP contribution < -0.4 is 16.6 Å². The van der Waals surface area contributed by atoms with E-state index >= 15 is 0 Å². The van der Waals surface area contributed by atoms with Crippen molar-refractivity contribution in [2.75, 3.05) is 13.6 Å². The van der Waals surface area contributed by atoms with Crippen LogP contribution >= 0.6 is 0 Å². The molecule has 1 aliphatic rings. The monoisotopic (exact) mass is 341 g/mol. The summed E-state index contributed by atoms with van der Waals surface area (Å²) in [5.41, 5.74) is 10.5. The van der Waals surface area contributed by atoms with E-state index in [1.54, 1.807) is 0 Å². The Morgan fingerprint density at radius 3 is 2.67 bits per heavy atom. The van der Waals surface area contributed by atoms with E-state index in [0.29, 0.717) is 25.0 Å². The summed E-state index contributed by atoms with van der Waals surface area (Å²) in [4.78, 5) is 13.2. The average molecular weight is 341 g/mol. The summed E-state index contributed by atoms with van der Waals surface area (Å²) >= 11 is 0. The molecule has 2 rings (SSSR count). The second-order valence-electron chi connectivity index (χ2n) is 5.66. The van der Waals surface area contributed by atoms with Gasteiger partial charge in [-0.15, -0.1) is 0 Å². The predicted molar refractivity (Wildman–Crippen MR) is 79.6 cm³/mol. The third-order valence-corrected chi connectivity index (χ3v) is 4.02. The zero-order valence-corrected chi connectivity index (χ0v) is 13.0. The fourth-order valence-electron chi connectivity index (χ4n) is 2.62. The first-order valence-electron chi connectivity index (χ1n) is 7.42. The number of hydrogen-bond donors (Lipinski definition) is 3. The molecule has 3 unspecified atom stereocenters. The van der Waals surface area contributed by atoms with Crippen LogP contribution in [0.1, 0.15) is 23.2 Å². The van der Waals surface area contributed by atoms with Gasteiger partial charge < -0.3 is 10.6 Å². The number of hydrogen-bond acceptors (Lipinski definition) is 5. The molecule has 130 valence electrons. The molecule has 1 aromatic carbocycles. The molecule has 0 saturated carbocycles. The second-order valence-corrected chi connectivity index (χ2v) is 5.66. The van der Waals surface area contributed by atoms with Crippen molar-refractivity contribution in [3.05, 3.63) is 35.1 Å². The molecule has 0 aliphatic carbocycles. The molecule has 0 radical (unpaired) electrons. The number of nitrogens with two attached hydrogens (primary N) is 1. The van der Waals surface area contributed by atoms with Crippen LogP contribution in [-0.4, -0.2) is 36.6 Å². The molecule has 1 amide bonds. The molecule has 9 heteroatoms. The van der Waals surface area contributed by atoms with Crippen molar-refractivity contribution in [2.24, 2.45) is 11.7 Å². The lowest BCUT2D eigenvalue weighted by Gasteiger charge is -2.20. The van der Waals surface area contributed by atoms with Crippen molar-refractivity contribution in [1.29, 1.82) is 5.26 Å². The zero-order valence-electron chi connectivity index (χ0n) is 13.0. The van der Waals surface area contributed by atoms with Gasteiger partial charge in [0.15, 0.2) is 11.6 Å². The van der Waals surface area contributed by atoms with Gasteiger partial charge in [-0.2, -0.15) is 5.26 Å². The van der Waals surface area contributed by atoms with Gasteiger partial charge in [0, 0.05) is 19.6 Å². The molecule has 0 spiro atoms. The van der Waals surface area contributed by atoms with Crippen LogP contribution in [0.3, 0.4) is 0 Å². The van der Waals surface area contributed by atoms with E-state index in [1.165, 1.54) is 7.05 Å². The molecule has 0 aromatic heterocycles. The average Bonchev–Trinajstić information content (AvgIpc) is 2.91. The molecule has 1 aliphatic heterocycles. The number of nitrogens with zero attached hydrogens (tertiary/aromatic N) is 2. The number of benzene rings is 1. The van der Waals surface area contributed by atoms with Crippen molar-refractivity contribution >= 4 is 5.91 Å². The summed E-state index contributed by atoms with van der Waals surface area (Å²) in [6.07, 6.45) is 0.533. The maximum atomic E-state index is 13.7. The first kappa shape index (κ1) is 18.2. The highest BCUT2D eigenvalue weighted by Gasteiger charge is 2.33. The van der Waals surface area contributed by atoms with Crippen molar-refractivity contribution in [1.82, 2.24) is 15.8 Å². The molecule has 1 saturated heterocycles. The van der Waals surface area contributed by atoms with Crippen LogP contribution in [0.2, 0.25) is 0 Å². The van der Waals surface area contributed by atoms with Gasteiger partial charge in [-0.3, -0.25) is 10.2 Å². The number of hydrazine groups is 1. The van der Waals surface area contributed by atoms with Crippen LogP contribution in [0.25, 0.3) is 0 Å². The van der Waals surface area contributed by atoms with Crippen molar-refractivity contribution in [3.63, 3.8) is 0 Å². The first-order chi connectivity index (χ1) is 11.4. The number of nitrogens with one attached hydrogen (secondary N) is 2. The Bertz CT molecular complexity index is 663. The highest BCUT2D eigenvalue weighted by atomic mass is 19.2. The Kier molecular flexibility index (Phi) is 5.77. The fraction of sp³-hybridized carbons (Fsp3) is 0.467. The SMILES string of the molecule is CN(CCCC1NNC(N)C1C#N)C(=O)c1c(F)ccc(F)c1F. The molecule has 3 atom stereocenters. The van der Waals surface area contributed by atoms with Gasteiger partial charge in [0.1, 0.15) is 11.4 Å². The standard InChI is InChI=1S/C15H18F3N5O/c1-23(6-2-3-11-8(7-19)14(20)22-21-11)15(24)12-9(16)4-5-10(17)13(12)18/h4-5,8,11,14,21-22H,2-3,6,20H2,1H3. The molecule has 0 bridgehead atoms. The topological polar surface area (TPSA) is 94.2 Å². The van der Waals surface area contributed by atoms with Gasteiger partial charge in [0.2, 0.25) is 0 Å². The summed E-state index contributed by atoms with van der Waals surface area (Å²) in [5.74, 6) is -5.23. The third kappa shape index (κ3) is 3.67. The number of carbonyl (C=O) groups is 1. The minimum absolute atomic E-state index is 0.184. The summed E-state index contributed by atoms with van der Waals surface area (Å²) in [5, 5.41) is 9.05. The Labute approximate surface area is 137 Å². The first-order valence-corrected chi connectivity index (χ1v) is 7.42. The van der Waals surface area contributed by atoms with Gasteiger partial charge >= 0.3 is 0 Å². The Balaban J connectivity index is 1.94. The molecular formula is C15H18F3N5O. The van der Waals surface area contributed by atoms with Crippen molar-refractivity contribution in [2.45, 2.75) is 25.0 Å². The van der Waals surface area contributed by atoms with Crippen molar-refractivity contribution < 1.29 is 18.0 Å². The van der Waals surface area contributed by atoms with E-state index in [-0.39, 0.29) is 12.6 Å². The Morgan fingerprint density at radius 1 is 1.33 bits per heavy atom. The lowest BCUT2D eigenvalue weighted by atomic mass is 9.97. The minimum Gasteiger partial charge on any atom is -0.342 e. The van der Waals surface area contributed by atoms with E-state index in [4.69, 9.17) is 11.0 Å². The molecule has 6 nitrogen and oxygen atoms in total. The van der Waals surface area contributed by atoms with E-state index in [9.17, 15) is 18.0 Å². The number of carbonyl (C=O) groups excluding carboxylic acids is 1. The molecule has 4 N–H and O–H groups in total. The number of amides is 1. The van der Waals surface area contributed by atoms with E-state index in [1.807, 2.05) is 0 Å². The molecular weight excluding hydrogens is 323 g/mol. The lowest BCUT2D eigenvalue weighted by molar-refractivity contribution is 0.0780. The maximum absolute atomic E-state index is 13.7. The summed E-state index contributed by atoms with van der Waals surface area (Å²) < 4.78 is 40.5. The van der Waals surface area contributed by atoms with E-state index in [2.05, 4.69) is 16.9 Å². The van der Waals surface area contributed by atoms with Crippen molar-refractivity contribution in [3.8, 4) is 6.07 Å². The van der Waals surface area contributed by atoms with Gasteiger partial charge in [-0.1, -0.05) is 0 Å². The molecule has 24 heavy (non-hydrogen) atoms. The summed E-state index contributed by atoms with van der Waals surface area (Å²) in [7, 11) is 1.37. The predicted octanol–water partition coefficient (Wildman–Crippen LogP) is 0.857. The minimum atomic E-state index is -1.50. The van der Waals surface area contributed by atoms with Crippen LogP contribution in [0, 0.1) is 34.7 Å². The van der Waals surface area contributed by atoms with E-state index in [0.717, 1.165) is 4.90 Å². The maximum Gasteiger partial charge on any atom is 0.259 e. The Hall–Kier alpha value is -2.15. The molecule has 1 fully saturated rings. The fourth-order valence-corrected chi connectivity index (χ4v) is 2.62. The molecule has 1 aromatic rings. The highest BCUT2D eigenvalue weighted by molar-refractivity contribution is 5.94. The Morgan fingerprint density at radius 2 is 2.00 bits per heavy atom. The third-order valence-electron chi connectivity index (χ3n) is 4.02. The summed E-state index contributed by atoms with van der Waals surface area (Å²) in [6, 6.07) is 3.26. The molecule has 1 heterocycles. The quantitative estimate of drug-likeness (QED) is 0.691. The highest BCUT2D eigenvalue weighted by Crippen LogP contribution is 2.19. The van der Waals surface area contributed by atoms with Gasteiger partial charge in [-0.05, 0) is 25.0 Å². The van der Waals surface area contributed by atoms with Gasteiger partial charge in [-0.25, -0.2) is 18.6 Å². The van der Waals surface area contributed by atoms with Crippen LogP contribution in [0.5, 0.6) is 0 Å². The smallest absolute Gasteiger partial charge is 0.259 e. The van der Waals surface area contributed by atoms with E-state index < -0.39 is 41.0 Å². The van der Waals surface area contributed by atoms with Crippen LogP contribution in [0.4, 0.5) is 13.2 Å². The van der Waals surface area contributed by atoms with Crippen LogP contribution in [-0.2, 0) is 0 Å². The van der Waals surface area contributed by atoms with Crippen LogP contribution in [0.15, 0.2) is 12.1 Å². The number of nitriles is 1.